The monoisotopic (exact) mass is 599 g/mol. The van der Waals surface area contributed by atoms with Crippen LogP contribution in [-0.4, -0.2) is 39.3 Å². The van der Waals surface area contributed by atoms with Gasteiger partial charge in [0.2, 0.25) is 5.91 Å². The third-order valence-corrected chi connectivity index (χ3v) is 8.88. The number of anilines is 1. The zero-order chi connectivity index (χ0) is 31.5. The Labute approximate surface area is 257 Å². The van der Waals surface area contributed by atoms with E-state index in [9.17, 15) is 29.3 Å². The molecule has 3 heterocycles. The third kappa shape index (κ3) is 4.17. The maximum absolute atomic E-state index is 14.8. The number of non-ortho nitro benzene ring substituents is 1. The lowest BCUT2D eigenvalue weighted by atomic mass is 9.62. The molecule has 3 aliphatic rings. The SMILES string of the molecule is CC(=O)Oc1ccc(C(=O)[C@@H]2[C@H](C(=O)c3ccc([N+](=O)[O-])cc3)[C@@]3(C(=O)Nc4ccccc43)[C@H]3c4ccccc4C=CN23)cc1. The number of fused-ring (bicyclic) bond motifs is 6. The molecule has 10 heteroatoms. The van der Waals surface area contributed by atoms with Crippen LogP contribution in [0.5, 0.6) is 5.75 Å². The lowest BCUT2D eigenvalue weighted by molar-refractivity contribution is -0.384. The number of carbonyl (C=O) groups excluding carboxylic acids is 4. The van der Waals surface area contributed by atoms with Gasteiger partial charge in [0.1, 0.15) is 17.2 Å². The molecular weight excluding hydrogens is 574 g/mol. The van der Waals surface area contributed by atoms with Gasteiger partial charge in [-0.3, -0.25) is 29.3 Å². The molecule has 0 saturated carbocycles. The number of nitro benzene ring substituents is 1. The van der Waals surface area contributed by atoms with E-state index in [0.29, 0.717) is 11.3 Å². The predicted octanol–water partition coefficient (Wildman–Crippen LogP) is 5.50. The average Bonchev–Trinajstić information content (AvgIpc) is 3.52. The van der Waals surface area contributed by atoms with Crippen molar-refractivity contribution in [2.24, 2.45) is 5.92 Å². The van der Waals surface area contributed by atoms with Crippen molar-refractivity contribution >= 4 is 40.9 Å². The van der Waals surface area contributed by atoms with E-state index in [2.05, 4.69) is 5.32 Å². The number of ketones is 2. The van der Waals surface area contributed by atoms with Crippen LogP contribution in [0.3, 0.4) is 0 Å². The van der Waals surface area contributed by atoms with Gasteiger partial charge in [-0.2, -0.15) is 0 Å². The first-order chi connectivity index (χ1) is 21.7. The van der Waals surface area contributed by atoms with Crippen LogP contribution in [0.2, 0.25) is 0 Å². The third-order valence-electron chi connectivity index (χ3n) is 8.88. The van der Waals surface area contributed by atoms with E-state index in [4.69, 9.17) is 4.74 Å². The quantitative estimate of drug-likeness (QED) is 0.101. The molecule has 0 radical (unpaired) electrons. The van der Waals surface area contributed by atoms with Crippen LogP contribution in [0.15, 0.2) is 103 Å². The van der Waals surface area contributed by atoms with Crippen molar-refractivity contribution in [1.82, 2.24) is 4.90 Å². The van der Waals surface area contributed by atoms with Crippen LogP contribution in [0.25, 0.3) is 6.08 Å². The number of nitro groups is 1. The molecule has 4 aromatic rings. The molecule has 1 fully saturated rings. The number of ether oxygens (including phenoxy) is 1. The number of Topliss-reactive ketones (excluding diaryl/α,β-unsaturated/α-hetero) is 2. The first-order valence-electron chi connectivity index (χ1n) is 14.3. The fourth-order valence-electron chi connectivity index (χ4n) is 7.12. The molecule has 10 nitrogen and oxygen atoms in total. The van der Waals surface area contributed by atoms with Gasteiger partial charge in [0.05, 0.1) is 16.9 Å². The summed E-state index contributed by atoms with van der Waals surface area (Å²) in [7, 11) is 0. The van der Waals surface area contributed by atoms with Crippen LogP contribution in [-0.2, 0) is 15.0 Å². The lowest BCUT2D eigenvalue weighted by Crippen LogP contribution is -2.49. The van der Waals surface area contributed by atoms with E-state index in [-0.39, 0.29) is 22.6 Å². The molecule has 1 spiro atoms. The standard InChI is InChI=1S/C35H25N3O7/c1-20(39)45-25-16-12-23(13-17-25)32(41)30-29(31(40)22-10-14-24(15-11-22)38(43)44)35(27-8-4-5-9-28(27)36-34(35)42)33-26-7-3-2-6-21(26)18-19-37(30)33/h2-19,29-30,33H,1H3,(H,36,42)/t29-,30+,33-,35-/m1/s1. The Morgan fingerprint density at radius 3 is 2.22 bits per heavy atom. The highest BCUT2D eigenvalue weighted by molar-refractivity contribution is 6.16. The molecule has 45 heavy (non-hydrogen) atoms. The molecule has 7 rings (SSSR count). The van der Waals surface area contributed by atoms with E-state index < -0.39 is 51.8 Å². The number of hydrogen-bond donors (Lipinski definition) is 1. The Bertz CT molecular complexity index is 1950. The molecule has 0 aromatic heterocycles. The maximum atomic E-state index is 14.8. The van der Waals surface area contributed by atoms with Crippen LogP contribution in [0, 0.1) is 16.0 Å². The highest BCUT2D eigenvalue weighted by Crippen LogP contribution is 2.62. The topological polar surface area (TPSA) is 136 Å². The summed E-state index contributed by atoms with van der Waals surface area (Å²) in [6.07, 6.45) is 3.63. The van der Waals surface area contributed by atoms with Gasteiger partial charge in [0.25, 0.3) is 5.69 Å². The van der Waals surface area contributed by atoms with E-state index in [1.165, 1.54) is 55.5 Å². The number of benzene rings is 4. The summed E-state index contributed by atoms with van der Waals surface area (Å²) in [4.78, 5) is 68.0. The summed E-state index contributed by atoms with van der Waals surface area (Å²) < 4.78 is 5.15. The Morgan fingerprint density at radius 1 is 0.867 bits per heavy atom. The van der Waals surface area contributed by atoms with Crippen LogP contribution < -0.4 is 10.1 Å². The van der Waals surface area contributed by atoms with Gasteiger partial charge in [-0.15, -0.1) is 0 Å². The summed E-state index contributed by atoms with van der Waals surface area (Å²) >= 11 is 0. The minimum absolute atomic E-state index is 0.141. The number of esters is 1. The van der Waals surface area contributed by atoms with Crippen molar-refractivity contribution < 1.29 is 28.8 Å². The van der Waals surface area contributed by atoms with Crippen LogP contribution in [0.1, 0.15) is 50.4 Å². The Balaban J connectivity index is 1.47. The van der Waals surface area contributed by atoms with Crippen molar-refractivity contribution in [1.29, 1.82) is 0 Å². The number of nitrogens with zero attached hydrogens (tertiary/aromatic N) is 2. The van der Waals surface area contributed by atoms with Gasteiger partial charge in [-0.1, -0.05) is 42.5 Å². The number of para-hydroxylation sites is 1. The second-order valence-corrected chi connectivity index (χ2v) is 11.2. The molecule has 1 saturated heterocycles. The first kappa shape index (κ1) is 27.9. The van der Waals surface area contributed by atoms with Crippen molar-refractivity contribution in [3.63, 3.8) is 0 Å². The van der Waals surface area contributed by atoms with Gasteiger partial charge < -0.3 is 15.0 Å². The zero-order valence-corrected chi connectivity index (χ0v) is 23.9. The number of rotatable bonds is 6. The average molecular weight is 600 g/mol. The number of nitrogens with one attached hydrogen (secondary N) is 1. The summed E-state index contributed by atoms with van der Waals surface area (Å²) in [6, 6.07) is 24.1. The van der Waals surface area contributed by atoms with Crippen molar-refractivity contribution in [2.75, 3.05) is 5.32 Å². The predicted molar refractivity (Wildman–Crippen MR) is 164 cm³/mol. The van der Waals surface area contributed by atoms with E-state index in [1.54, 1.807) is 29.3 Å². The van der Waals surface area contributed by atoms with Gasteiger partial charge in [0.15, 0.2) is 11.6 Å². The Hall–Kier alpha value is -5.90. The lowest BCUT2D eigenvalue weighted by Gasteiger charge is -2.38. The molecule has 3 aliphatic heterocycles. The van der Waals surface area contributed by atoms with E-state index >= 15 is 0 Å². The highest BCUT2D eigenvalue weighted by atomic mass is 16.6. The highest BCUT2D eigenvalue weighted by Gasteiger charge is 2.70. The number of amides is 1. The van der Waals surface area contributed by atoms with Gasteiger partial charge in [0, 0.05) is 42.1 Å². The minimum Gasteiger partial charge on any atom is -0.427 e. The second-order valence-electron chi connectivity index (χ2n) is 11.2. The summed E-state index contributed by atoms with van der Waals surface area (Å²) in [6.45, 7) is 1.27. The number of hydrogen-bond acceptors (Lipinski definition) is 8. The fraction of sp³-hybridized carbons (Fsp3) is 0.143. The zero-order valence-electron chi connectivity index (χ0n) is 23.9. The van der Waals surface area contributed by atoms with Crippen LogP contribution in [0.4, 0.5) is 11.4 Å². The largest absolute Gasteiger partial charge is 0.427 e. The van der Waals surface area contributed by atoms with Crippen molar-refractivity contribution in [2.45, 2.75) is 24.4 Å². The fourth-order valence-corrected chi connectivity index (χ4v) is 7.12. The Morgan fingerprint density at radius 2 is 1.51 bits per heavy atom. The van der Waals surface area contributed by atoms with E-state index in [1.807, 2.05) is 36.4 Å². The molecule has 4 atom stereocenters. The first-order valence-corrected chi connectivity index (χ1v) is 14.3. The summed E-state index contributed by atoms with van der Waals surface area (Å²) in [5, 5.41) is 14.4. The van der Waals surface area contributed by atoms with Gasteiger partial charge in [-0.05, 0) is 65.2 Å². The van der Waals surface area contributed by atoms with Crippen LogP contribution >= 0.6 is 0 Å². The molecule has 0 bridgehead atoms. The van der Waals surface area contributed by atoms with E-state index in [0.717, 1.165) is 11.1 Å². The minimum atomic E-state index is -1.53. The normalized spacial score (nSPS) is 22.3. The van der Waals surface area contributed by atoms with Crippen molar-refractivity contribution in [3.8, 4) is 5.75 Å². The molecule has 0 unspecified atom stereocenters. The molecule has 4 aromatic carbocycles. The molecule has 0 aliphatic carbocycles. The van der Waals surface area contributed by atoms with Crippen molar-refractivity contribution in [3.05, 3.63) is 141 Å². The molecule has 1 N–H and O–H groups in total. The Kier molecular flexibility index (Phi) is 6.43. The molecule has 1 amide bonds. The maximum Gasteiger partial charge on any atom is 0.308 e. The van der Waals surface area contributed by atoms with Gasteiger partial charge >= 0.3 is 5.97 Å². The number of carbonyl (C=O) groups is 4. The second kappa shape index (κ2) is 10.4. The summed E-state index contributed by atoms with van der Waals surface area (Å²) in [5.41, 5.74) is 1.46. The molecule has 222 valence electrons. The molecular formula is C35H25N3O7. The smallest absolute Gasteiger partial charge is 0.308 e. The van der Waals surface area contributed by atoms with Gasteiger partial charge in [-0.25, -0.2) is 0 Å². The summed E-state index contributed by atoms with van der Waals surface area (Å²) in [5.74, 6) is -2.80.